The minimum Gasteiger partial charge on any atom is -0.481 e. The molecule has 1 amide bonds. The summed E-state index contributed by atoms with van der Waals surface area (Å²) in [6.45, 7) is 4.67. The highest BCUT2D eigenvalue weighted by Crippen LogP contribution is 2.36. The van der Waals surface area contributed by atoms with Crippen LogP contribution >= 0.6 is 0 Å². The molecule has 1 rings (SSSR count). The second-order valence-electron chi connectivity index (χ2n) is 5.03. The SMILES string of the molecule is CC(CC(=O)O)CC(=O)NCC(C)C1CC1. The number of amides is 1. The maximum atomic E-state index is 11.5. The highest BCUT2D eigenvalue weighted by Gasteiger charge is 2.27. The van der Waals surface area contributed by atoms with E-state index in [1.54, 1.807) is 6.92 Å². The molecule has 0 aliphatic heterocycles. The summed E-state index contributed by atoms with van der Waals surface area (Å²) in [4.78, 5) is 21.9. The van der Waals surface area contributed by atoms with Crippen LogP contribution in [0.25, 0.3) is 0 Å². The summed E-state index contributed by atoms with van der Waals surface area (Å²) in [6.07, 6.45) is 2.94. The lowest BCUT2D eigenvalue weighted by molar-refractivity contribution is -0.138. The number of nitrogens with one attached hydrogen (secondary N) is 1. The molecule has 2 N–H and O–H groups in total. The average Bonchev–Trinajstić information content (AvgIpc) is 2.95. The first-order valence-electron chi connectivity index (χ1n) is 5.97. The highest BCUT2D eigenvalue weighted by atomic mass is 16.4. The summed E-state index contributed by atoms with van der Waals surface area (Å²) in [6, 6.07) is 0. The van der Waals surface area contributed by atoms with E-state index in [0.717, 1.165) is 12.5 Å². The average molecular weight is 227 g/mol. The van der Waals surface area contributed by atoms with Crippen molar-refractivity contribution in [3.8, 4) is 0 Å². The van der Waals surface area contributed by atoms with Gasteiger partial charge in [0.25, 0.3) is 0 Å². The van der Waals surface area contributed by atoms with E-state index in [2.05, 4.69) is 12.2 Å². The number of hydrogen-bond donors (Lipinski definition) is 2. The molecule has 1 fully saturated rings. The van der Waals surface area contributed by atoms with Crippen LogP contribution in [0.3, 0.4) is 0 Å². The molecule has 0 radical (unpaired) electrons. The van der Waals surface area contributed by atoms with Crippen molar-refractivity contribution >= 4 is 11.9 Å². The number of rotatable bonds is 7. The molecule has 92 valence electrons. The third-order valence-corrected chi connectivity index (χ3v) is 3.10. The Morgan fingerprint density at radius 3 is 2.44 bits per heavy atom. The molecule has 0 heterocycles. The van der Waals surface area contributed by atoms with Crippen LogP contribution in [0, 0.1) is 17.8 Å². The van der Waals surface area contributed by atoms with Gasteiger partial charge < -0.3 is 10.4 Å². The standard InChI is InChI=1S/C12H21NO3/c1-8(6-12(15)16)5-11(14)13-7-9(2)10-3-4-10/h8-10H,3-7H2,1-2H3,(H,13,14)(H,15,16). The minimum atomic E-state index is -0.841. The zero-order valence-corrected chi connectivity index (χ0v) is 10.0. The molecule has 16 heavy (non-hydrogen) atoms. The predicted octanol–water partition coefficient (Wildman–Crippen LogP) is 1.65. The van der Waals surface area contributed by atoms with Crippen molar-refractivity contribution in [2.75, 3.05) is 6.54 Å². The van der Waals surface area contributed by atoms with Gasteiger partial charge in [-0.25, -0.2) is 0 Å². The van der Waals surface area contributed by atoms with E-state index >= 15 is 0 Å². The number of carboxylic acids is 1. The van der Waals surface area contributed by atoms with Crippen LogP contribution in [0.2, 0.25) is 0 Å². The van der Waals surface area contributed by atoms with Gasteiger partial charge in [0, 0.05) is 19.4 Å². The summed E-state index contributed by atoms with van der Waals surface area (Å²) in [7, 11) is 0. The topological polar surface area (TPSA) is 66.4 Å². The van der Waals surface area contributed by atoms with Crippen molar-refractivity contribution in [2.24, 2.45) is 17.8 Å². The Balaban J connectivity index is 2.11. The summed E-state index contributed by atoms with van der Waals surface area (Å²) in [5.74, 6) is 0.386. The zero-order chi connectivity index (χ0) is 12.1. The molecule has 4 heteroatoms. The van der Waals surface area contributed by atoms with Gasteiger partial charge in [-0.2, -0.15) is 0 Å². The van der Waals surface area contributed by atoms with Crippen LogP contribution in [0.5, 0.6) is 0 Å². The van der Waals surface area contributed by atoms with Gasteiger partial charge in [-0.1, -0.05) is 13.8 Å². The van der Waals surface area contributed by atoms with Crippen molar-refractivity contribution in [1.29, 1.82) is 0 Å². The second kappa shape index (κ2) is 5.87. The predicted molar refractivity (Wildman–Crippen MR) is 60.9 cm³/mol. The first-order chi connectivity index (χ1) is 7.49. The number of carbonyl (C=O) groups excluding carboxylic acids is 1. The lowest BCUT2D eigenvalue weighted by Gasteiger charge is -2.13. The lowest BCUT2D eigenvalue weighted by atomic mass is 10.0. The molecule has 0 saturated heterocycles. The second-order valence-corrected chi connectivity index (χ2v) is 5.03. The fourth-order valence-corrected chi connectivity index (χ4v) is 1.87. The van der Waals surface area contributed by atoms with Crippen LogP contribution in [0.1, 0.15) is 39.5 Å². The molecule has 0 aromatic rings. The van der Waals surface area contributed by atoms with Gasteiger partial charge in [0.05, 0.1) is 0 Å². The van der Waals surface area contributed by atoms with Gasteiger partial charge in [-0.05, 0) is 30.6 Å². The summed E-state index contributed by atoms with van der Waals surface area (Å²) in [5, 5.41) is 11.4. The molecule has 1 aliphatic carbocycles. The molecular formula is C12H21NO3. The molecule has 0 spiro atoms. The van der Waals surface area contributed by atoms with Crippen molar-refractivity contribution in [1.82, 2.24) is 5.32 Å². The molecule has 0 bridgehead atoms. The lowest BCUT2D eigenvalue weighted by Crippen LogP contribution is -2.30. The molecule has 2 atom stereocenters. The molecular weight excluding hydrogens is 206 g/mol. The fourth-order valence-electron chi connectivity index (χ4n) is 1.87. The molecule has 1 aliphatic rings. The Morgan fingerprint density at radius 1 is 1.31 bits per heavy atom. The van der Waals surface area contributed by atoms with Gasteiger partial charge in [-0.15, -0.1) is 0 Å². The van der Waals surface area contributed by atoms with Crippen LogP contribution < -0.4 is 5.32 Å². The van der Waals surface area contributed by atoms with Gasteiger partial charge in [0.2, 0.25) is 5.91 Å². The Bertz CT molecular complexity index is 261. The summed E-state index contributed by atoms with van der Waals surface area (Å²) in [5.41, 5.74) is 0. The highest BCUT2D eigenvalue weighted by molar-refractivity contribution is 5.77. The van der Waals surface area contributed by atoms with Crippen LogP contribution in [0.4, 0.5) is 0 Å². The smallest absolute Gasteiger partial charge is 0.303 e. The molecule has 0 aromatic carbocycles. The Labute approximate surface area is 96.4 Å². The Kier molecular flexibility index (Phi) is 4.77. The first kappa shape index (κ1) is 13.0. The van der Waals surface area contributed by atoms with Crippen molar-refractivity contribution in [3.63, 3.8) is 0 Å². The number of aliphatic carboxylic acids is 1. The first-order valence-corrected chi connectivity index (χ1v) is 5.97. The number of carboxylic acid groups (broad SMARTS) is 1. The quantitative estimate of drug-likeness (QED) is 0.695. The molecule has 4 nitrogen and oxygen atoms in total. The molecule has 1 saturated carbocycles. The van der Waals surface area contributed by atoms with Crippen LogP contribution in [-0.4, -0.2) is 23.5 Å². The largest absolute Gasteiger partial charge is 0.481 e. The Hall–Kier alpha value is -1.06. The summed E-state index contributed by atoms with van der Waals surface area (Å²) < 4.78 is 0. The normalized spacial score (nSPS) is 18.9. The number of carbonyl (C=O) groups is 2. The molecule has 2 unspecified atom stereocenters. The maximum absolute atomic E-state index is 11.5. The van der Waals surface area contributed by atoms with Gasteiger partial charge in [-0.3, -0.25) is 9.59 Å². The van der Waals surface area contributed by atoms with Gasteiger partial charge >= 0.3 is 5.97 Å². The van der Waals surface area contributed by atoms with E-state index < -0.39 is 5.97 Å². The van der Waals surface area contributed by atoms with E-state index in [-0.39, 0.29) is 18.2 Å². The minimum absolute atomic E-state index is 0.0266. The van der Waals surface area contributed by atoms with Crippen molar-refractivity contribution < 1.29 is 14.7 Å². The monoisotopic (exact) mass is 227 g/mol. The van der Waals surface area contributed by atoms with Crippen LogP contribution in [-0.2, 0) is 9.59 Å². The van der Waals surface area contributed by atoms with Crippen molar-refractivity contribution in [3.05, 3.63) is 0 Å². The Morgan fingerprint density at radius 2 is 1.94 bits per heavy atom. The fraction of sp³-hybridized carbons (Fsp3) is 0.833. The summed E-state index contributed by atoms with van der Waals surface area (Å²) >= 11 is 0. The maximum Gasteiger partial charge on any atom is 0.303 e. The van der Waals surface area contributed by atoms with Gasteiger partial charge in [0.15, 0.2) is 0 Å². The van der Waals surface area contributed by atoms with Gasteiger partial charge in [0.1, 0.15) is 0 Å². The number of hydrogen-bond acceptors (Lipinski definition) is 2. The third-order valence-electron chi connectivity index (χ3n) is 3.10. The third kappa shape index (κ3) is 5.14. The van der Waals surface area contributed by atoms with E-state index in [4.69, 9.17) is 5.11 Å². The van der Waals surface area contributed by atoms with E-state index in [1.165, 1.54) is 12.8 Å². The van der Waals surface area contributed by atoms with E-state index in [1.807, 2.05) is 0 Å². The van der Waals surface area contributed by atoms with E-state index in [0.29, 0.717) is 12.3 Å². The molecule has 0 aromatic heterocycles. The zero-order valence-electron chi connectivity index (χ0n) is 10.0. The van der Waals surface area contributed by atoms with Crippen LogP contribution in [0.15, 0.2) is 0 Å². The van der Waals surface area contributed by atoms with Crippen molar-refractivity contribution in [2.45, 2.75) is 39.5 Å². The van der Waals surface area contributed by atoms with E-state index in [9.17, 15) is 9.59 Å².